The van der Waals surface area contributed by atoms with Crippen molar-refractivity contribution >= 4 is 11.9 Å². The predicted molar refractivity (Wildman–Crippen MR) is 264 cm³/mol. The average Bonchev–Trinajstić information content (AvgIpc) is 3.36. The van der Waals surface area contributed by atoms with Crippen molar-refractivity contribution in [3.63, 3.8) is 0 Å². The molecule has 72 heavy (non-hydrogen) atoms. The molecule has 0 unspecified atom stereocenters. The molecule has 0 radical (unpaired) electrons. The van der Waals surface area contributed by atoms with Gasteiger partial charge in [-0.1, -0.05) is 168 Å². The molecule has 0 aromatic heterocycles. The second-order valence-electron chi connectivity index (χ2n) is 20.6. The van der Waals surface area contributed by atoms with E-state index in [-0.39, 0.29) is 6.61 Å². The molecule has 0 saturated carbocycles. The fourth-order valence-electron chi connectivity index (χ4n) is 10.3. The highest BCUT2D eigenvalue weighted by molar-refractivity contribution is 5.76. The van der Waals surface area contributed by atoms with Crippen molar-refractivity contribution in [2.75, 3.05) is 26.4 Å². The van der Waals surface area contributed by atoms with E-state index in [1.807, 2.05) is 0 Å². The second-order valence-corrected chi connectivity index (χ2v) is 20.6. The van der Waals surface area contributed by atoms with Gasteiger partial charge in [-0.25, -0.2) is 4.79 Å². The van der Waals surface area contributed by atoms with Crippen LogP contribution in [0, 0.1) is 5.92 Å². The van der Waals surface area contributed by atoms with Crippen molar-refractivity contribution in [2.45, 2.75) is 285 Å². The third-order valence-electron chi connectivity index (χ3n) is 14.7. The third-order valence-corrected chi connectivity index (χ3v) is 14.7. The molecule has 0 aliphatic carbocycles. The van der Waals surface area contributed by atoms with E-state index < -0.39 is 136 Å². The molecule has 20 nitrogen and oxygen atoms in total. The highest BCUT2D eigenvalue weighted by Gasteiger charge is 2.60. The summed E-state index contributed by atoms with van der Waals surface area (Å²) in [5, 5.41) is 121. The summed E-state index contributed by atoms with van der Waals surface area (Å²) >= 11 is 0. The Morgan fingerprint density at radius 1 is 0.625 bits per heavy atom. The number of hydrogen-bond donors (Lipinski definition) is 12. The van der Waals surface area contributed by atoms with Gasteiger partial charge in [0.2, 0.25) is 5.91 Å². The van der Waals surface area contributed by atoms with Crippen LogP contribution in [0.3, 0.4) is 0 Å². The maximum Gasteiger partial charge on any atom is 0.364 e. The Hall–Kier alpha value is -1.70. The molecule has 1 amide bonds. The van der Waals surface area contributed by atoms with Gasteiger partial charge in [-0.05, 0) is 12.3 Å². The Bertz CT molecular complexity index is 1410. The first-order chi connectivity index (χ1) is 34.6. The molecule has 0 aromatic carbocycles. The van der Waals surface area contributed by atoms with Gasteiger partial charge in [0.05, 0.1) is 38.6 Å². The van der Waals surface area contributed by atoms with Gasteiger partial charge in [-0.2, -0.15) is 0 Å². The fourth-order valence-corrected chi connectivity index (χ4v) is 10.3. The van der Waals surface area contributed by atoms with E-state index >= 15 is 0 Å². The topological polar surface area (TPSA) is 324 Å². The van der Waals surface area contributed by atoms with E-state index in [4.69, 9.17) is 28.4 Å². The number of carboxylic acids is 1. The van der Waals surface area contributed by atoms with Crippen LogP contribution in [0.25, 0.3) is 0 Å². The van der Waals surface area contributed by atoms with Crippen LogP contribution in [0.15, 0.2) is 0 Å². The predicted octanol–water partition coefficient (Wildman–Crippen LogP) is 3.21. The summed E-state index contributed by atoms with van der Waals surface area (Å²) in [6.07, 6.45) is 3.90. The standard InChI is InChI=1S/C52H97NO19/c1-4-6-8-10-12-14-16-18-20-22-24-26-35(27-25-23-21-19-17-15-13-11-9-7-5-2)28-29-67-49-44(63)43(62)46(39(33-56)69-49)70-50-45(64)48(42(61)38(32-55)68-50)72-52(51(65)66)30-36(58)40(53-34(3)57)47(71-52)41(60)37(59)31-54/h35-50,54-56,58-64H,4-33H2,1-3H3,(H,53,57)(H,65,66)/t36-,37+,38+,39+,40+,41+,42-,43+,44+,45+,46+,47-,48-,49+,50+,52-/m0/s1. The monoisotopic (exact) mass is 1040 g/mol. The van der Waals surface area contributed by atoms with E-state index in [1.165, 1.54) is 128 Å². The summed E-state index contributed by atoms with van der Waals surface area (Å²) in [6, 6.07) is -1.54. The maximum atomic E-state index is 12.9. The van der Waals surface area contributed by atoms with Crippen LogP contribution in [0.1, 0.15) is 188 Å². The zero-order valence-electron chi connectivity index (χ0n) is 43.6. The van der Waals surface area contributed by atoms with Crippen molar-refractivity contribution in [3.05, 3.63) is 0 Å². The highest BCUT2D eigenvalue weighted by Crippen LogP contribution is 2.38. The Kier molecular flexibility index (Phi) is 31.9. The van der Waals surface area contributed by atoms with E-state index in [1.54, 1.807) is 0 Å². The van der Waals surface area contributed by atoms with Crippen LogP contribution in [0.5, 0.6) is 0 Å². The molecule has 424 valence electrons. The van der Waals surface area contributed by atoms with Crippen molar-refractivity contribution in [1.82, 2.24) is 5.32 Å². The maximum absolute atomic E-state index is 12.9. The van der Waals surface area contributed by atoms with E-state index in [2.05, 4.69) is 19.2 Å². The average molecular weight is 1040 g/mol. The minimum Gasteiger partial charge on any atom is -0.477 e. The number of carbonyl (C=O) groups excluding carboxylic acids is 1. The first kappa shape index (κ1) is 64.6. The number of hydrogen-bond acceptors (Lipinski definition) is 18. The number of unbranched alkanes of at least 4 members (excludes halogenated alkanes) is 20. The van der Waals surface area contributed by atoms with Gasteiger partial charge < -0.3 is 89.9 Å². The van der Waals surface area contributed by atoms with Crippen LogP contribution in [0.4, 0.5) is 0 Å². The summed E-state index contributed by atoms with van der Waals surface area (Å²) in [4.78, 5) is 24.9. The SMILES string of the molecule is CCCCCCCCCCCCCC(CCCCCCCCCCCCC)CCO[C@@H]1O[C@H](CO)[C@@H](O[C@H]2O[C@H](CO)[C@H](O)[C@H](O[C@]3(C(=O)O)C[C@H](O)[C@@H](NC(C)=O)[C@@H]([C@H](O)[C@H](O)CO)O3)[C@H]2O)[C@H](O)[C@H]1O. The molecule has 0 spiro atoms. The molecule has 3 fully saturated rings. The lowest BCUT2D eigenvalue weighted by Gasteiger charge is -2.50. The summed E-state index contributed by atoms with van der Waals surface area (Å²) < 4.78 is 34.9. The number of carbonyl (C=O) groups is 2. The van der Waals surface area contributed by atoms with Crippen LogP contribution >= 0.6 is 0 Å². The molecular formula is C52H97NO19. The first-order valence-electron chi connectivity index (χ1n) is 27.6. The number of amides is 1. The number of aliphatic carboxylic acids is 1. The minimum atomic E-state index is -3.02. The van der Waals surface area contributed by atoms with Gasteiger partial charge in [-0.3, -0.25) is 4.79 Å². The molecular weight excluding hydrogens is 943 g/mol. The lowest BCUT2D eigenvalue weighted by molar-refractivity contribution is -0.386. The Labute approximate surface area is 428 Å². The smallest absolute Gasteiger partial charge is 0.364 e. The van der Waals surface area contributed by atoms with Crippen LogP contribution in [0.2, 0.25) is 0 Å². The zero-order valence-corrected chi connectivity index (χ0v) is 43.6. The number of rotatable bonds is 39. The van der Waals surface area contributed by atoms with Crippen molar-refractivity contribution in [1.29, 1.82) is 0 Å². The normalized spacial score (nSPS) is 31.9. The molecule has 0 aromatic rings. The van der Waals surface area contributed by atoms with E-state index in [9.17, 15) is 65.8 Å². The number of aliphatic hydroxyl groups excluding tert-OH is 10. The molecule has 3 aliphatic heterocycles. The molecule has 0 bridgehead atoms. The Morgan fingerprint density at radius 3 is 1.57 bits per heavy atom. The third kappa shape index (κ3) is 21.0. The molecule has 3 rings (SSSR count). The summed E-state index contributed by atoms with van der Waals surface area (Å²) in [5.41, 5.74) is 0. The number of carboxylic acid groups (broad SMARTS) is 1. The quantitative estimate of drug-likeness (QED) is 0.0393. The lowest BCUT2D eigenvalue weighted by Crippen LogP contribution is -2.70. The molecule has 3 heterocycles. The van der Waals surface area contributed by atoms with Gasteiger partial charge in [0, 0.05) is 13.3 Å². The van der Waals surface area contributed by atoms with Crippen molar-refractivity contribution in [3.8, 4) is 0 Å². The number of ether oxygens (including phenoxy) is 6. The summed E-state index contributed by atoms with van der Waals surface area (Å²) in [5.74, 6) is -5.31. The molecule has 12 N–H and O–H groups in total. The second kappa shape index (κ2) is 35.6. The van der Waals surface area contributed by atoms with Crippen molar-refractivity contribution < 1.29 is 94.2 Å². The number of aliphatic hydroxyl groups is 10. The highest BCUT2D eigenvalue weighted by atomic mass is 16.8. The zero-order chi connectivity index (χ0) is 53.1. The minimum absolute atomic E-state index is 0.211. The number of nitrogens with one attached hydrogen (secondary N) is 1. The Morgan fingerprint density at radius 2 is 1.11 bits per heavy atom. The lowest BCUT2D eigenvalue weighted by atomic mass is 9.88. The Balaban J connectivity index is 1.64. The van der Waals surface area contributed by atoms with Crippen molar-refractivity contribution in [2.24, 2.45) is 5.92 Å². The van der Waals surface area contributed by atoms with Gasteiger partial charge in [0.15, 0.2) is 12.6 Å². The molecule has 3 aliphatic rings. The summed E-state index contributed by atoms with van der Waals surface area (Å²) in [7, 11) is 0. The van der Waals surface area contributed by atoms with Crippen LogP contribution in [-0.2, 0) is 38.0 Å². The summed E-state index contributed by atoms with van der Waals surface area (Å²) in [6.45, 7) is 3.00. The molecule has 3 saturated heterocycles. The van der Waals surface area contributed by atoms with Crippen LogP contribution in [-0.4, -0.2) is 192 Å². The van der Waals surface area contributed by atoms with E-state index in [0.29, 0.717) is 12.3 Å². The largest absolute Gasteiger partial charge is 0.477 e. The van der Waals surface area contributed by atoms with Crippen LogP contribution < -0.4 is 5.32 Å². The fraction of sp³-hybridized carbons (Fsp3) is 0.962. The first-order valence-corrected chi connectivity index (χ1v) is 27.6. The molecule has 16 atom stereocenters. The van der Waals surface area contributed by atoms with Gasteiger partial charge in [0.1, 0.15) is 67.1 Å². The van der Waals surface area contributed by atoms with Gasteiger partial charge in [-0.15, -0.1) is 0 Å². The van der Waals surface area contributed by atoms with E-state index in [0.717, 1.165) is 32.6 Å². The molecule has 20 heteroatoms. The van der Waals surface area contributed by atoms with Gasteiger partial charge >= 0.3 is 5.97 Å². The van der Waals surface area contributed by atoms with Gasteiger partial charge in [0.25, 0.3) is 5.79 Å².